The number of rotatable bonds is 5. The van der Waals surface area contributed by atoms with Crippen LogP contribution in [0, 0.1) is 11.6 Å². The molecule has 102 valence electrons. The second kappa shape index (κ2) is 5.93. The predicted octanol–water partition coefficient (Wildman–Crippen LogP) is 2.59. The number of hydrogen-bond donors (Lipinski definition) is 1. The summed E-state index contributed by atoms with van der Waals surface area (Å²) in [6, 6.07) is 5.12. The zero-order chi connectivity index (χ0) is 13.8. The van der Waals surface area contributed by atoms with Crippen LogP contribution >= 0.6 is 0 Å². The molecule has 2 aromatic rings. The highest BCUT2D eigenvalue weighted by Crippen LogP contribution is 2.21. The number of likely N-dealkylation sites (N-methyl/N-ethyl adjacent to an activating group) is 1. The van der Waals surface area contributed by atoms with E-state index in [-0.39, 0.29) is 6.04 Å². The minimum absolute atomic E-state index is 0.282. The Labute approximate surface area is 111 Å². The first-order valence-corrected chi connectivity index (χ1v) is 6.27. The summed E-state index contributed by atoms with van der Waals surface area (Å²) in [7, 11) is 1.83. The summed E-state index contributed by atoms with van der Waals surface area (Å²) < 4.78 is 28.8. The molecule has 5 heteroatoms. The molecule has 0 radical (unpaired) electrons. The van der Waals surface area contributed by atoms with Gasteiger partial charge in [0.2, 0.25) is 0 Å². The largest absolute Gasteiger partial charge is 0.310 e. The third-order valence-corrected chi connectivity index (χ3v) is 2.97. The third-order valence-electron chi connectivity index (χ3n) is 2.97. The highest BCUT2D eigenvalue weighted by Gasteiger charge is 2.17. The van der Waals surface area contributed by atoms with Gasteiger partial charge in [-0.15, -0.1) is 0 Å². The van der Waals surface area contributed by atoms with Crippen LogP contribution in [0.25, 0.3) is 0 Å². The molecule has 0 aliphatic carbocycles. The highest BCUT2D eigenvalue weighted by atomic mass is 19.1. The van der Waals surface area contributed by atoms with Crippen LogP contribution < -0.4 is 5.32 Å². The van der Waals surface area contributed by atoms with E-state index in [9.17, 15) is 8.78 Å². The minimum Gasteiger partial charge on any atom is -0.310 e. The van der Waals surface area contributed by atoms with Gasteiger partial charge in [-0.2, -0.15) is 5.10 Å². The van der Waals surface area contributed by atoms with Gasteiger partial charge in [0.15, 0.2) is 0 Å². The van der Waals surface area contributed by atoms with Crippen molar-refractivity contribution < 1.29 is 8.78 Å². The van der Waals surface area contributed by atoms with Crippen molar-refractivity contribution in [1.82, 2.24) is 15.1 Å². The van der Waals surface area contributed by atoms with Crippen LogP contribution in [0.1, 0.15) is 24.2 Å². The van der Waals surface area contributed by atoms with Crippen LogP contribution in [-0.4, -0.2) is 16.3 Å². The van der Waals surface area contributed by atoms with Gasteiger partial charge in [-0.3, -0.25) is 4.68 Å². The minimum atomic E-state index is -0.430. The number of aryl methyl sites for hydroxylation is 1. The molecule has 0 fully saturated rings. The fourth-order valence-electron chi connectivity index (χ4n) is 2.10. The van der Waals surface area contributed by atoms with Gasteiger partial charge in [0.05, 0.1) is 5.69 Å². The van der Waals surface area contributed by atoms with Crippen molar-refractivity contribution in [3.63, 3.8) is 0 Å². The first-order valence-electron chi connectivity index (χ1n) is 6.27. The summed E-state index contributed by atoms with van der Waals surface area (Å²) in [5.41, 5.74) is 1.18. The summed E-state index contributed by atoms with van der Waals surface area (Å²) in [5.74, 6) is -0.830. The summed E-state index contributed by atoms with van der Waals surface area (Å²) in [4.78, 5) is 0. The molecule has 0 bridgehead atoms. The highest BCUT2D eigenvalue weighted by molar-refractivity contribution is 5.24. The fourth-order valence-corrected chi connectivity index (χ4v) is 2.10. The Kier molecular flexibility index (Phi) is 4.27. The molecular formula is C14H17F2N3. The molecule has 1 aromatic carbocycles. The maximum absolute atomic E-state index is 13.8. The van der Waals surface area contributed by atoms with Crippen LogP contribution in [0.3, 0.4) is 0 Å². The maximum atomic E-state index is 13.8. The Morgan fingerprint density at radius 3 is 2.74 bits per heavy atom. The zero-order valence-electron chi connectivity index (χ0n) is 11.0. The van der Waals surface area contributed by atoms with Crippen molar-refractivity contribution in [3.05, 3.63) is 53.4 Å². The normalized spacial score (nSPS) is 12.6. The van der Waals surface area contributed by atoms with Gasteiger partial charge in [0.25, 0.3) is 0 Å². The van der Waals surface area contributed by atoms with Gasteiger partial charge in [-0.05, 0) is 30.8 Å². The molecule has 1 heterocycles. The van der Waals surface area contributed by atoms with E-state index >= 15 is 0 Å². The summed E-state index contributed by atoms with van der Waals surface area (Å²) in [5, 5.41) is 7.44. The molecule has 1 atom stereocenters. The second-order valence-corrected chi connectivity index (χ2v) is 4.46. The van der Waals surface area contributed by atoms with Crippen molar-refractivity contribution in [1.29, 1.82) is 0 Å². The van der Waals surface area contributed by atoms with Crippen molar-refractivity contribution in [3.8, 4) is 0 Å². The summed E-state index contributed by atoms with van der Waals surface area (Å²) >= 11 is 0. The molecule has 2 rings (SSSR count). The molecule has 0 aliphatic heterocycles. The first-order chi connectivity index (χ1) is 9.10. The quantitative estimate of drug-likeness (QED) is 0.900. The predicted molar refractivity (Wildman–Crippen MR) is 69.7 cm³/mol. The van der Waals surface area contributed by atoms with Gasteiger partial charge in [-0.1, -0.05) is 6.92 Å². The molecule has 19 heavy (non-hydrogen) atoms. The summed E-state index contributed by atoms with van der Waals surface area (Å²) in [6.45, 7) is 2.61. The van der Waals surface area contributed by atoms with E-state index in [0.29, 0.717) is 18.5 Å². The molecule has 0 saturated carbocycles. The number of aromatic nitrogens is 2. The number of halogens is 2. The smallest absolute Gasteiger partial charge is 0.128 e. The van der Waals surface area contributed by atoms with Crippen molar-refractivity contribution in [2.24, 2.45) is 7.05 Å². The zero-order valence-corrected chi connectivity index (χ0v) is 11.0. The molecule has 0 spiro atoms. The van der Waals surface area contributed by atoms with Crippen LogP contribution in [-0.2, 0) is 13.5 Å². The molecule has 3 nitrogen and oxygen atoms in total. The maximum Gasteiger partial charge on any atom is 0.128 e. The summed E-state index contributed by atoms with van der Waals surface area (Å²) in [6.07, 6.45) is 2.36. The van der Waals surface area contributed by atoms with Crippen LogP contribution in [0.4, 0.5) is 8.78 Å². The SMILES string of the molecule is CCNC(Cc1ccn(C)n1)c1cc(F)ccc1F. The Bertz CT molecular complexity index is 551. The van der Waals surface area contributed by atoms with Crippen molar-refractivity contribution >= 4 is 0 Å². The van der Waals surface area contributed by atoms with Crippen molar-refractivity contribution in [2.45, 2.75) is 19.4 Å². The third kappa shape index (κ3) is 3.38. The molecular weight excluding hydrogens is 248 g/mol. The van der Waals surface area contributed by atoms with Gasteiger partial charge in [-0.25, -0.2) is 8.78 Å². The van der Waals surface area contributed by atoms with Gasteiger partial charge in [0, 0.05) is 31.3 Å². The molecule has 1 N–H and O–H groups in total. The number of benzene rings is 1. The van der Waals surface area contributed by atoms with Crippen LogP contribution in [0.15, 0.2) is 30.5 Å². The van der Waals surface area contributed by atoms with E-state index < -0.39 is 11.6 Å². The molecule has 0 amide bonds. The average molecular weight is 265 g/mol. The van der Waals surface area contributed by atoms with E-state index in [0.717, 1.165) is 17.8 Å². The lowest BCUT2D eigenvalue weighted by molar-refractivity contribution is 0.496. The van der Waals surface area contributed by atoms with Gasteiger partial charge >= 0.3 is 0 Å². The topological polar surface area (TPSA) is 29.9 Å². The van der Waals surface area contributed by atoms with E-state index in [4.69, 9.17) is 0 Å². The van der Waals surface area contributed by atoms with Gasteiger partial charge in [0.1, 0.15) is 11.6 Å². The van der Waals surface area contributed by atoms with Crippen molar-refractivity contribution in [2.75, 3.05) is 6.54 Å². The van der Waals surface area contributed by atoms with Crippen LogP contribution in [0.2, 0.25) is 0 Å². The molecule has 0 aliphatic rings. The van der Waals surface area contributed by atoms with E-state index in [2.05, 4.69) is 10.4 Å². The molecule has 1 unspecified atom stereocenters. The lowest BCUT2D eigenvalue weighted by atomic mass is 10.0. The van der Waals surface area contributed by atoms with Gasteiger partial charge < -0.3 is 5.32 Å². The van der Waals surface area contributed by atoms with E-state index in [1.807, 2.05) is 26.2 Å². The average Bonchev–Trinajstić information content (AvgIpc) is 2.77. The van der Waals surface area contributed by atoms with Crippen LogP contribution in [0.5, 0.6) is 0 Å². The number of nitrogens with one attached hydrogen (secondary N) is 1. The monoisotopic (exact) mass is 265 g/mol. The standard InChI is InChI=1S/C14H17F2N3/c1-3-17-14(9-11-6-7-19(2)18-11)12-8-10(15)4-5-13(12)16/h4-8,14,17H,3,9H2,1-2H3. The first kappa shape index (κ1) is 13.7. The molecule has 1 aromatic heterocycles. The number of nitrogens with zero attached hydrogens (tertiary/aromatic N) is 2. The Balaban J connectivity index is 2.26. The van der Waals surface area contributed by atoms with E-state index in [1.165, 1.54) is 6.07 Å². The Morgan fingerprint density at radius 2 is 2.11 bits per heavy atom. The number of hydrogen-bond acceptors (Lipinski definition) is 2. The Hall–Kier alpha value is -1.75. The lowest BCUT2D eigenvalue weighted by Crippen LogP contribution is -2.24. The Morgan fingerprint density at radius 1 is 1.32 bits per heavy atom. The second-order valence-electron chi connectivity index (χ2n) is 4.46. The van der Waals surface area contributed by atoms with E-state index in [1.54, 1.807) is 4.68 Å². The fraction of sp³-hybridized carbons (Fsp3) is 0.357. The lowest BCUT2D eigenvalue weighted by Gasteiger charge is -2.18. The molecule has 0 saturated heterocycles.